The largest absolute Gasteiger partial charge is 0.461 e. The molecule has 0 bridgehead atoms. The molecule has 0 fully saturated rings. The van der Waals surface area contributed by atoms with Crippen LogP contribution in [-0.2, 0) is 5.41 Å². The number of rotatable bonds is 0. The first kappa shape index (κ1) is 8.36. The zero-order chi connectivity index (χ0) is 9.47. The lowest BCUT2D eigenvalue weighted by atomic mass is 9.92. The minimum atomic E-state index is 0.0887. The summed E-state index contributed by atoms with van der Waals surface area (Å²) >= 11 is 0. The summed E-state index contributed by atoms with van der Waals surface area (Å²) in [6.45, 7) is 6.46. The monoisotopic (exact) mass is 174 g/mol. The van der Waals surface area contributed by atoms with Gasteiger partial charge < -0.3 is 4.42 Å². The number of hydrogen-bond acceptors (Lipinski definition) is 1. The molecule has 2 rings (SSSR count). The van der Waals surface area contributed by atoms with Crippen LogP contribution in [0.5, 0.6) is 0 Å². The Bertz CT molecular complexity index is 379. The van der Waals surface area contributed by atoms with Crippen molar-refractivity contribution in [2.75, 3.05) is 0 Å². The van der Waals surface area contributed by atoms with Crippen LogP contribution in [-0.4, -0.2) is 0 Å². The van der Waals surface area contributed by atoms with Crippen molar-refractivity contribution in [2.24, 2.45) is 0 Å². The van der Waals surface area contributed by atoms with Crippen LogP contribution in [0.1, 0.15) is 26.5 Å². The van der Waals surface area contributed by atoms with Crippen molar-refractivity contribution in [3.8, 4) is 11.3 Å². The summed E-state index contributed by atoms with van der Waals surface area (Å²) in [5.74, 6) is 2.01. The van der Waals surface area contributed by atoms with Crippen molar-refractivity contribution < 1.29 is 4.42 Å². The van der Waals surface area contributed by atoms with E-state index in [0.29, 0.717) is 0 Å². The van der Waals surface area contributed by atoms with Crippen LogP contribution in [0.3, 0.4) is 0 Å². The molecule has 0 unspecified atom stereocenters. The Labute approximate surface area is 78.7 Å². The van der Waals surface area contributed by atoms with E-state index in [1.165, 1.54) is 5.56 Å². The van der Waals surface area contributed by atoms with Crippen molar-refractivity contribution in [3.63, 3.8) is 0 Å². The molecule has 0 radical (unpaired) electrons. The van der Waals surface area contributed by atoms with E-state index < -0.39 is 0 Å². The highest BCUT2D eigenvalue weighted by Gasteiger charge is 2.18. The molecule has 0 N–H and O–H groups in total. The Kier molecular flexibility index (Phi) is 1.69. The average Bonchev–Trinajstić information content (AvgIpc) is 2.47. The van der Waals surface area contributed by atoms with E-state index in [-0.39, 0.29) is 5.41 Å². The molecule has 0 amide bonds. The van der Waals surface area contributed by atoms with Crippen LogP contribution < -0.4 is 0 Å². The molecule has 1 aliphatic heterocycles. The summed E-state index contributed by atoms with van der Waals surface area (Å²) in [6, 6.07) is 10.2. The molecule has 0 spiro atoms. The SMILES string of the molecule is CC(C)(C)c1ccc2cccc-2o1. The molecule has 1 heteroatoms. The minimum Gasteiger partial charge on any atom is -0.461 e. The van der Waals surface area contributed by atoms with Crippen molar-refractivity contribution in [2.45, 2.75) is 26.2 Å². The Morgan fingerprint density at radius 2 is 1.77 bits per heavy atom. The highest BCUT2D eigenvalue weighted by atomic mass is 16.3. The summed E-state index contributed by atoms with van der Waals surface area (Å²) in [5, 5.41) is 0. The second-order valence-electron chi connectivity index (χ2n) is 4.40. The molecule has 2 aliphatic rings. The normalized spacial score (nSPS) is 12.2. The van der Waals surface area contributed by atoms with Crippen LogP contribution in [0, 0.1) is 0 Å². The van der Waals surface area contributed by atoms with Gasteiger partial charge in [-0.05, 0) is 18.2 Å². The minimum absolute atomic E-state index is 0.0887. The summed E-state index contributed by atoms with van der Waals surface area (Å²) in [5.41, 5.74) is 1.26. The van der Waals surface area contributed by atoms with Gasteiger partial charge >= 0.3 is 0 Å². The first-order valence-electron chi connectivity index (χ1n) is 4.56. The maximum absolute atomic E-state index is 5.77. The van der Waals surface area contributed by atoms with Crippen LogP contribution in [0.2, 0.25) is 0 Å². The number of fused-ring (bicyclic) bond motifs is 1. The van der Waals surface area contributed by atoms with E-state index in [4.69, 9.17) is 4.42 Å². The van der Waals surface area contributed by atoms with Gasteiger partial charge in [-0.3, -0.25) is 0 Å². The van der Waals surface area contributed by atoms with E-state index in [9.17, 15) is 0 Å². The molecule has 0 saturated carbocycles. The van der Waals surface area contributed by atoms with Gasteiger partial charge in [-0.2, -0.15) is 0 Å². The molecular formula is C12H14O. The summed E-state index contributed by atoms with van der Waals surface area (Å²) in [4.78, 5) is 0. The third kappa shape index (κ3) is 1.46. The summed E-state index contributed by atoms with van der Waals surface area (Å²) < 4.78 is 5.77. The maximum Gasteiger partial charge on any atom is 0.134 e. The molecule has 0 aromatic rings. The van der Waals surface area contributed by atoms with E-state index >= 15 is 0 Å². The van der Waals surface area contributed by atoms with E-state index in [0.717, 1.165) is 11.5 Å². The smallest absolute Gasteiger partial charge is 0.134 e. The van der Waals surface area contributed by atoms with Gasteiger partial charge in [0.25, 0.3) is 0 Å². The van der Waals surface area contributed by atoms with E-state index in [1.807, 2.05) is 12.1 Å². The van der Waals surface area contributed by atoms with Crippen LogP contribution in [0.25, 0.3) is 11.3 Å². The topological polar surface area (TPSA) is 13.1 Å². The van der Waals surface area contributed by atoms with Crippen molar-refractivity contribution in [1.82, 2.24) is 0 Å². The van der Waals surface area contributed by atoms with Gasteiger partial charge in [0, 0.05) is 11.0 Å². The third-order valence-corrected chi connectivity index (χ3v) is 2.18. The quantitative estimate of drug-likeness (QED) is 0.593. The molecule has 1 aliphatic carbocycles. The second-order valence-corrected chi connectivity index (χ2v) is 4.40. The molecule has 1 nitrogen and oxygen atoms in total. The fourth-order valence-corrected chi connectivity index (χ4v) is 1.37. The fraction of sp³-hybridized carbons (Fsp3) is 0.333. The maximum atomic E-state index is 5.77. The van der Waals surface area contributed by atoms with Gasteiger partial charge in [0.05, 0.1) is 0 Å². The molecule has 0 aromatic carbocycles. The van der Waals surface area contributed by atoms with Gasteiger partial charge in [-0.1, -0.05) is 32.9 Å². The zero-order valence-electron chi connectivity index (χ0n) is 8.29. The first-order chi connectivity index (χ1) is 6.07. The predicted octanol–water partition coefficient (Wildman–Crippen LogP) is 3.68. The van der Waals surface area contributed by atoms with Gasteiger partial charge in [0.2, 0.25) is 0 Å². The first-order valence-corrected chi connectivity index (χ1v) is 4.56. The molecular weight excluding hydrogens is 160 g/mol. The highest BCUT2D eigenvalue weighted by molar-refractivity contribution is 5.60. The fourth-order valence-electron chi connectivity index (χ4n) is 1.37. The summed E-state index contributed by atoms with van der Waals surface area (Å²) in [7, 11) is 0. The zero-order valence-corrected chi connectivity index (χ0v) is 8.29. The van der Waals surface area contributed by atoms with Crippen molar-refractivity contribution in [1.29, 1.82) is 0 Å². The Morgan fingerprint density at radius 1 is 1.00 bits per heavy atom. The second kappa shape index (κ2) is 2.63. The van der Waals surface area contributed by atoms with Gasteiger partial charge in [0.1, 0.15) is 11.5 Å². The van der Waals surface area contributed by atoms with Crippen molar-refractivity contribution >= 4 is 0 Å². The average molecular weight is 174 g/mol. The van der Waals surface area contributed by atoms with E-state index in [2.05, 4.69) is 39.0 Å². The molecule has 0 saturated heterocycles. The lowest BCUT2D eigenvalue weighted by Crippen LogP contribution is -2.10. The van der Waals surface area contributed by atoms with Crippen LogP contribution in [0.15, 0.2) is 34.7 Å². The van der Waals surface area contributed by atoms with Crippen molar-refractivity contribution in [3.05, 3.63) is 36.1 Å². The molecule has 0 aromatic heterocycles. The lowest BCUT2D eigenvalue weighted by Gasteiger charge is -2.17. The van der Waals surface area contributed by atoms with Crippen LogP contribution in [0.4, 0.5) is 0 Å². The number of hydrogen-bond donors (Lipinski definition) is 0. The molecule has 68 valence electrons. The Morgan fingerprint density at radius 3 is 2.46 bits per heavy atom. The van der Waals surface area contributed by atoms with Gasteiger partial charge in [-0.25, -0.2) is 0 Å². The highest BCUT2D eigenvalue weighted by Crippen LogP contribution is 2.29. The third-order valence-electron chi connectivity index (χ3n) is 2.18. The standard InChI is InChI=1S/C12H14O/c1-12(2,3)11-8-7-9-5-4-6-10(9)13-11/h4-8H,1-3H3. The van der Waals surface area contributed by atoms with Crippen LogP contribution >= 0.6 is 0 Å². The molecule has 1 heterocycles. The summed E-state index contributed by atoms with van der Waals surface area (Å²) in [6.07, 6.45) is 0. The molecule has 13 heavy (non-hydrogen) atoms. The lowest BCUT2D eigenvalue weighted by molar-refractivity contribution is 0.405. The van der Waals surface area contributed by atoms with Gasteiger partial charge in [-0.15, -0.1) is 0 Å². The Balaban J connectivity index is 2.56. The predicted molar refractivity (Wildman–Crippen MR) is 54.0 cm³/mol. The molecule has 0 atom stereocenters. The Hall–Kier alpha value is -1.24. The van der Waals surface area contributed by atoms with Gasteiger partial charge in [0.15, 0.2) is 0 Å². The van der Waals surface area contributed by atoms with E-state index in [1.54, 1.807) is 0 Å².